The van der Waals surface area contributed by atoms with Crippen LogP contribution in [0.2, 0.25) is 0 Å². The molecule has 0 saturated carbocycles. The first kappa shape index (κ1) is 14.4. The quantitative estimate of drug-likeness (QED) is 0.692. The van der Waals surface area contributed by atoms with Crippen molar-refractivity contribution in [2.75, 3.05) is 0 Å². The van der Waals surface area contributed by atoms with E-state index in [1.165, 1.54) is 0 Å². The zero-order valence-electron chi connectivity index (χ0n) is 10.7. The molecule has 0 aromatic heterocycles. The molecule has 2 N–H and O–H groups in total. The summed E-state index contributed by atoms with van der Waals surface area (Å²) in [6, 6.07) is 0.0609. The standard InChI is InChI=1S/C12H25NO2/c1-9(2)8-12(4,5)15-11(14)7-6-10(3)13/h9-10H,6-8,13H2,1-5H3. The van der Waals surface area contributed by atoms with Crippen molar-refractivity contribution < 1.29 is 9.53 Å². The number of ether oxygens (including phenoxy) is 1. The minimum atomic E-state index is -0.358. The smallest absolute Gasteiger partial charge is 0.306 e. The van der Waals surface area contributed by atoms with Crippen molar-refractivity contribution in [3.8, 4) is 0 Å². The second kappa shape index (κ2) is 6.11. The van der Waals surface area contributed by atoms with E-state index < -0.39 is 0 Å². The van der Waals surface area contributed by atoms with Crippen molar-refractivity contribution in [1.29, 1.82) is 0 Å². The molecule has 15 heavy (non-hydrogen) atoms. The fourth-order valence-corrected chi connectivity index (χ4v) is 1.73. The molecule has 0 fully saturated rings. The lowest BCUT2D eigenvalue weighted by atomic mass is 9.96. The predicted molar refractivity (Wildman–Crippen MR) is 62.5 cm³/mol. The number of esters is 1. The Bertz CT molecular complexity index is 198. The van der Waals surface area contributed by atoms with E-state index in [1.54, 1.807) is 0 Å². The topological polar surface area (TPSA) is 52.3 Å². The van der Waals surface area contributed by atoms with E-state index >= 15 is 0 Å². The molecule has 1 unspecified atom stereocenters. The van der Waals surface area contributed by atoms with Crippen LogP contribution >= 0.6 is 0 Å². The highest BCUT2D eigenvalue weighted by Gasteiger charge is 2.23. The van der Waals surface area contributed by atoms with Gasteiger partial charge in [-0.05, 0) is 39.5 Å². The average Bonchev–Trinajstić information content (AvgIpc) is 1.96. The van der Waals surface area contributed by atoms with Gasteiger partial charge in [-0.15, -0.1) is 0 Å². The van der Waals surface area contributed by atoms with Crippen LogP contribution < -0.4 is 5.73 Å². The lowest BCUT2D eigenvalue weighted by Gasteiger charge is -2.27. The molecule has 90 valence electrons. The van der Waals surface area contributed by atoms with Gasteiger partial charge in [-0.1, -0.05) is 13.8 Å². The molecular weight excluding hydrogens is 190 g/mol. The van der Waals surface area contributed by atoms with E-state index in [2.05, 4.69) is 13.8 Å². The van der Waals surface area contributed by atoms with E-state index in [1.807, 2.05) is 20.8 Å². The van der Waals surface area contributed by atoms with Crippen molar-refractivity contribution in [3.63, 3.8) is 0 Å². The highest BCUT2D eigenvalue weighted by molar-refractivity contribution is 5.69. The average molecular weight is 215 g/mol. The fraction of sp³-hybridized carbons (Fsp3) is 0.917. The van der Waals surface area contributed by atoms with Gasteiger partial charge in [0.05, 0.1) is 0 Å². The molecule has 3 heteroatoms. The van der Waals surface area contributed by atoms with Crippen LogP contribution in [0, 0.1) is 5.92 Å². The maximum Gasteiger partial charge on any atom is 0.306 e. The van der Waals surface area contributed by atoms with Gasteiger partial charge in [-0.2, -0.15) is 0 Å². The van der Waals surface area contributed by atoms with Gasteiger partial charge in [0.15, 0.2) is 0 Å². The molecule has 0 spiro atoms. The molecule has 0 aromatic rings. The number of carbonyl (C=O) groups excluding carboxylic acids is 1. The summed E-state index contributed by atoms with van der Waals surface area (Å²) in [7, 11) is 0. The van der Waals surface area contributed by atoms with Crippen LogP contribution in [0.4, 0.5) is 0 Å². The summed E-state index contributed by atoms with van der Waals surface area (Å²) in [5.74, 6) is 0.388. The SMILES string of the molecule is CC(C)CC(C)(C)OC(=O)CCC(C)N. The van der Waals surface area contributed by atoms with E-state index in [9.17, 15) is 4.79 Å². The third-order valence-electron chi connectivity index (χ3n) is 2.09. The molecule has 0 amide bonds. The molecule has 0 saturated heterocycles. The molecule has 0 heterocycles. The fourth-order valence-electron chi connectivity index (χ4n) is 1.73. The van der Waals surface area contributed by atoms with E-state index in [-0.39, 0.29) is 17.6 Å². The van der Waals surface area contributed by atoms with E-state index in [0.29, 0.717) is 18.8 Å². The first-order valence-corrected chi connectivity index (χ1v) is 5.70. The molecule has 0 aliphatic carbocycles. The number of rotatable bonds is 6. The maximum absolute atomic E-state index is 11.5. The van der Waals surface area contributed by atoms with Crippen molar-refractivity contribution in [3.05, 3.63) is 0 Å². The summed E-state index contributed by atoms with van der Waals surface area (Å²) < 4.78 is 5.40. The lowest BCUT2D eigenvalue weighted by molar-refractivity contribution is -0.157. The van der Waals surface area contributed by atoms with Gasteiger partial charge in [-0.25, -0.2) is 0 Å². The van der Waals surface area contributed by atoms with E-state index in [0.717, 1.165) is 6.42 Å². The first-order valence-electron chi connectivity index (χ1n) is 5.70. The van der Waals surface area contributed by atoms with Crippen LogP contribution in [-0.2, 0) is 9.53 Å². The summed E-state index contributed by atoms with van der Waals surface area (Å²) in [5, 5.41) is 0. The second-order valence-electron chi connectivity index (χ2n) is 5.35. The largest absolute Gasteiger partial charge is 0.460 e. The highest BCUT2D eigenvalue weighted by atomic mass is 16.6. The Morgan fingerprint density at radius 1 is 1.33 bits per heavy atom. The van der Waals surface area contributed by atoms with Gasteiger partial charge in [-0.3, -0.25) is 4.79 Å². The van der Waals surface area contributed by atoms with Gasteiger partial charge >= 0.3 is 5.97 Å². The maximum atomic E-state index is 11.5. The summed E-state index contributed by atoms with van der Waals surface area (Å²) in [6.07, 6.45) is 1.99. The second-order valence-corrected chi connectivity index (χ2v) is 5.35. The number of hydrogen-bond acceptors (Lipinski definition) is 3. The molecule has 0 bridgehead atoms. The van der Waals surface area contributed by atoms with Crippen LogP contribution in [0.15, 0.2) is 0 Å². The Kier molecular flexibility index (Phi) is 5.88. The highest BCUT2D eigenvalue weighted by Crippen LogP contribution is 2.21. The summed E-state index contributed by atoms with van der Waals surface area (Å²) in [4.78, 5) is 11.5. The van der Waals surface area contributed by atoms with Crippen molar-refractivity contribution in [1.82, 2.24) is 0 Å². The number of carbonyl (C=O) groups is 1. The zero-order chi connectivity index (χ0) is 12.1. The molecule has 0 aliphatic heterocycles. The Hall–Kier alpha value is -0.570. The van der Waals surface area contributed by atoms with Gasteiger partial charge in [0.25, 0.3) is 0 Å². The minimum absolute atomic E-state index is 0.0609. The minimum Gasteiger partial charge on any atom is -0.460 e. The van der Waals surface area contributed by atoms with Crippen LogP contribution in [-0.4, -0.2) is 17.6 Å². The van der Waals surface area contributed by atoms with Crippen LogP contribution in [0.3, 0.4) is 0 Å². The van der Waals surface area contributed by atoms with Gasteiger partial charge in [0.1, 0.15) is 5.60 Å². The van der Waals surface area contributed by atoms with Crippen molar-refractivity contribution >= 4 is 5.97 Å². The molecule has 3 nitrogen and oxygen atoms in total. The lowest BCUT2D eigenvalue weighted by Crippen LogP contribution is -2.30. The van der Waals surface area contributed by atoms with Crippen molar-refractivity contribution in [2.45, 2.75) is 65.5 Å². The predicted octanol–water partition coefficient (Wildman–Crippen LogP) is 2.48. The molecule has 0 radical (unpaired) electrons. The van der Waals surface area contributed by atoms with Gasteiger partial charge < -0.3 is 10.5 Å². The van der Waals surface area contributed by atoms with Gasteiger partial charge in [0, 0.05) is 12.5 Å². The first-order chi connectivity index (χ1) is 6.73. The van der Waals surface area contributed by atoms with Crippen LogP contribution in [0.5, 0.6) is 0 Å². The third kappa shape index (κ3) is 8.43. The molecule has 0 rings (SSSR count). The monoisotopic (exact) mass is 215 g/mol. The van der Waals surface area contributed by atoms with E-state index in [4.69, 9.17) is 10.5 Å². The summed E-state index contributed by atoms with van der Waals surface area (Å²) in [6.45, 7) is 10.1. The Morgan fingerprint density at radius 3 is 2.27 bits per heavy atom. The Labute approximate surface area is 93.4 Å². The van der Waals surface area contributed by atoms with Crippen molar-refractivity contribution in [2.24, 2.45) is 11.7 Å². The van der Waals surface area contributed by atoms with Crippen LogP contribution in [0.1, 0.15) is 53.9 Å². The molecular formula is C12H25NO2. The number of nitrogens with two attached hydrogens (primary N) is 1. The number of hydrogen-bond donors (Lipinski definition) is 1. The summed E-state index contributed by atoms with van der Waals surface area (Å²) >= 11 is 0. The molecule has 1 atom stereocenters. The molecule has 0 aliphatic rings. The Morgan fingerprint density at radius 2 is 1.87 bits per heavy atom. The normalized spacial score (nSPS) is 14.1. The zero-order valence-corrected chi connectivity index (χ0v) is 10.7. The van der Waals surface area contributed by atoms with Gasteiger partial charge in [0.2, 0.25) is 0 Å². The third-order valence-corrected chi connectivity index (χ3v) is 2.09. The summed E-state index contributed by atoms with van der Waals surface area (Å²) in [5.41, 5.74) is 5.22. The Balaban J connectivity index is 3.93. The molecule has 0 aromatic carbocycles. The van der Waals surface area contributed by atoms with Crippen LogP contribution in [0.25, 0.3) is 0 Å².